The van der Waals surface area contributed by atoms with Gasteiger partial charge in [0.15, 0.2) is 5.84 Å². The van der Waals surface area contributed by atoms with Crippen LogP contribution in [-0.4, -0.2) is 44.9 Å². The first kappa shape index (κ1) is 22.2. The van der Waals surface area contributed by atoms with E-state index in [2.05, 4.69) is 4.98 Å². The Morgan fingerprint density at radius 1 is 1.37 bits per heavy atom. The molecule has 1 aliphatic heterocycles. The van der Waals surface area contributed by atoms with Crippen molar-refractivity contribution >= 4 is 40.5 Å². The van der Waals surface area contributed by atoms with Gasteiger partial charge in [-0.25, -0.2) is 4.98 Å². The average molecular weight is 458 g/mol. The van der Waals surface area contributed by atoms with Crippen molar-refractivity contribution in [3.8, 4) is 0 Å². The predicted molar refractivity (Wildman–Crippen MR) is 109 cm³/mol. The van der Waals surface area contributed by atoms with E-state index >= 15 is 0 Å². The lowest BCUT2D eigenvalue weighted by Gasteiger charge is -2.40. The number of carbonyl (C=O) groups is 1. The highest BCUT2D eigenvalue weighted by Gasteiger charge is 2.38. The molecule has 11 heteroatoms. The molecular weight excluding hydrogens is 439 g/mol. The molecule has 2 N–H and O–H groups in total. The molecule has 6 nitrogen and oxygen atoms in total. The van der Waals surface area contributed by atoms with E-state index < -0.39 is 34.5 Å². The minimum Gasteiger partial charge on any atom is -0.327 e. The fourth-order valence-corrected chi connectivity index (χ4v) is 4.49. The minimum absolute atomic E-state index is 0.0139. The number of amides is 1. The summed E-state index contributed by atoms with van der Waals surface area (Å²) < 4.78 is 39.4. The highest BCUT2D eigenvalue weighted by molar-refractivity contribution is 7.13. The first-order valence-electron chi connectivity index (χ1n) is 8.96. The maximum atomic E-state index is 13.1. The molecule has 0 radical (unpaired) electrons. The van der Waals surface area contributed by atoms with Crippen molar-refractivity contribution in [1.82, 2.24) is 14.8 Å². The van der Waals surface area contributed by atoms with E-state index in [0.29, 0.717) is 10.6 Å². The minimum atomic E-state index is -4.60. The zero-order chi connectivity index (χ0) is 22.4. The van der Waals surface area contributed by atoms with E-state index in [1.165, 1.54) is 33.3 Å². The van der Waals surface area contributed by atoms with Crippen LogP contribution in [0.1, 0.15) is 33.6 Å². The molecule has 3 rings (SSSR count). The van der Waals surface area contributed by atoms with Crippen LogP contribution in [0.25, 0.3) is 0 Å². The van der Waals surface area contributed by atoms with Crippen molar-refractivity contribution in [2.45, 2.75) is 39.5 Å². The molecule has 1 aromatic carbocycles. The van der Waals surface area contributed by atoms with E-state index in [4.69, 9.17) is 22.4 Å². The Morgan fingerprint density at radius 3 is 2.60 bits per heavy atom. The van der Waals surface area contributed by atoms with Crippen molar-refractivity contribution < 1.29 is 18.0 Å². The molecule has 1 fully saturated rings. The Balaban J connectivity index is 1.84. The molecule has 30 heavy (non-hydrogen) atoms. The molecule has 0 saturated carbocycles. The summed E-state index contributed by atoms with van der Waals surface area (Å²) in [5.74, 6) is -1.07. The number of thiazole rings is 1. The first-order chi connectivity index (χ1) is 13.9. The fraction of sp³-hybridized carbons (Fsp3) is 0.368. The summed E-state index contributed by atoms with van der Waals surface area (Å²) >= 11 is 7.27. The Bertz CT molecular complexity index is 1040. The summed E-state index contributed by atoms with van der Waals surface area (Å²) in [6.45, 7) is 5.29. The van der Waals surface area contributed by atoms with Gasteiger partial charge < -0.3 is 9.80 Å². The number of carbonyl (C=O) groups excluding carboxylic acids is 1. The second kappa shape index (κ2) is 7.99. The Morgan fingerprint density at radius 2 is 2.03 bits per heavy atom. The summed E-state index contributed by atoms with van der Waals surface area (Å²) in [5, 5.41) is 17.0. The van der Waals surface area contributed by atoms with Crippen LogP contribution < -0.4 is 0 Å². The Kier molecular flexibility index (Phi) is 5.92. The smallest absolute Gasteiger partial charge is 0.327 e. The third kappa shape index (κ3) is 4.06. The van der Waals surface area contributed by atoms with Gasteiger partial charge in [-0.2, -0.15) is 13.2 Å². The molecule has 1 aliphatic rings. The summed E-state index contributed by atoms with van der Waals surface area (Å²) in [5.41, 5.74) is -0.168. The van der Waals surface area contributed by atoms with Gasteiger partial charge in [0.2, 0.25) is 0 Å². The number of alkyl halides is 3. The molecule has 1 unspecified atom stereocenters. The molecule has 2 aromatic rings. The van der Waals surface area contributed by atoms with Crippen LogP contribution in [-0.2, 0) is 17.5 Å². The predicted octanol–water partition coefficient (Wildman–Crippen LogP) is 4.47. The first-order valence-corrected chi connectivity index (χ1v) is 10.2. The van der Waals surface area contributed by atoms with E-state index in [9.17, 15) is 18.0 Å². The fourth-order valence-electron chi connectivity index (χ4n) is 3.31. The quantitative estimate of drug-likeness (QED) is 0.527. The molecule has 1 aromatic heterocycles. The van der Waals surface area contributed by atoms with Crippen molar-refractivity contribution in [2.24, 2.45) is 0 Å². The lowest BCUT2D eigenvalue weighted by atomic mass is 10.1. The van der Waals surface area contributed by atoms with E-state index in [1.54, 1.807) is 13.8 Å². The number of nitrogens with zero attached hydrogens (tertiary/aromatic N) is 3. The van der Waals surface area contributed by atoms with Crippen molar-refractivity contribution in [3.05, 3.63) is 49.9 Å². The monoisotopic (exact) mass is 457 g/mol. The second-order valence-corrected chi connectivity index (χ2v) is 8.59. The van der Waals surface area contributed by atoms with Crippen LogP contribution in [0.2, 0.25) is 5.02 Å². The number of aryl methyl sites for hydroxylation is 2. The highest BCUT2D eigenvalue weighted by Crippen LogP contribution is 2.37. The molecule has 1 atom stereocenters. The van der Waals surface area contributed by atoms with Gasteiger partial charge in [0.05, 0.1) is 26.2 Å². The summed E-state index contributed by atoms with van der Waals surface area (Å²) in [4.78, 5) is 20.3. The number of hydrogen-bond acceptors (Lipinski definition) is 5. The van der Waals surface area contributed by atoms with Gasteiger partial charge in [0.25, 0.3) is 5.91 Å². The van der Waals surface area contributed by atoms with Crippen LogP contribution in [0.15, 0.2) is 18.2 Å². The van der Waals surface area contributed by atoms with Crippen LogP contribution >= 0.6 is 22.9 Å². The number of nitrogens with one attached hydrogen (secondary N) is 2. The zero-order valence-corrected chi connectivity index (χ0v) is 18.0. The molecular formula is C19H19ClF3N5OS. The van der Waals surface area contributed by atoms with Gasteiger partial charge in [0.1, 0.15) is 5.84 Å². The Hall–Kier alpha value is -2.46. The molecule has 1 amide bonds. The maximum Gasteiger partial charge on any atom is 0.417 e. The van der Waals surface area contributed by atoms with Crippen LogP contribution in [0.5, 0.6) is 0 Å². The number of benzene rings is 1. The zero-order valence-electron chi connectivity index (χ0n) is 16.4. The van der Waals surface area contributed by atoms with Crippen molar-refractivity contribution in [1.29, 1.82) is 10.8 Å². The molecule has 160 valence electrons. The largest absolute Gasteiger partial charge is 0.417 e. The van der Waals surface area contributed by atoms with Gasteiger partial charge in [-0.15, -0.1) is 11.3 Å². The summed E-state index contributed by atoms with van der Waals surface area (Å²) in [6, 6.07) is 3.11. The van der Waals surface area contributed by atoms with Gasteiger partial charge in [0, 0.05) is 19.1 Å². The lowest BCUT2D eigenvalue weighted by molar-refractivity contribution is -0.137. The normalized spacial score (nSPS) is 17.6. The maximum absolute atomic E-state index is 13.1. The van der Waals surface area contributed by atoms with E-state index in [-0.39, 0.29) is 24.5 Å². The van der Waals surface area contributed by atoms with E-state index in [0.717, 1.165) is 11.1 Å². The number of aromatic nitrogens is 1. The average Bonchev–Trinajstić information content (AvgIpc) is 2.99. The number of piperazine rings is 1. The van der Waals surface area contributed by atoms with Gasteiger partial charge in [-0.3, -0.25) is 15.6 Å². The third-order valence-electron chi connectivity index (χ3n) is 4.83. The number of amidine groups is 2. The van der Waals surface area contributed by atoms with Crippen LogP contribution in [0, 0.1) is 24.7 Å². The lowest BCUT2D eigenvalue weighted by Crippen LogP contribution is -2.59. The van der Waals surface area contributed by atoms with Crippen LogP contribution in [0.3, 0.4) is 0 Å². The topological polar surface area (TPSA) is 84.1 Å². The third-order valence-corrected chi connectivity index (χ3v) is 6.35. The van der Waals surface area contributed by atoms with Gasteiger partial charge in [-0.05, 0) is 32.4 Å². The van der Waals surface area contributed by atoms with E-state index in [1.807, 2.05) is 6.92 Å². The number of halogens is 4. The standard InChI is InChI=1S/C19H19ClF3N5OS/c1-9-7-28(16(24)15-10(2)26-11(3)30-15)17(25)18(29)27(9)8-12-5-4-6-13(14(12)20)19(21,22)23/h4-6,9,24-25H,7-8H2,1-3H3. The van der Waals surface area contributed by atoms with Gasteiger partial charge in [-0.1, -0.05) is 23.7 Å². The molecule has 0 bridgehead atoms. The number of hydrogen-bond donors (Lipinski definition) is 2. The SMILES string of the molecule is Cc1nc(C)c(C(=N)N2CC(C)N(Cc3cccc(C(F)(F)F)c3Cl)C(=O)C2=N)s1. The summed E-state index contributed by atoms with van der Waals surface area (Å²) in [6.07, 6.45) is -4.60. The Labute approximate surface area is 180 Å². The summed E-state index contributed by atoms with van der Waals surface area (Å²) in [7, 11) is 0. The molecule has 0 aliphatic carbocycles. The second-order valence-electron chi connectivity index (χ2n) is 7.01. The molecule has 1 saturated heterocycles. The van der Waals surface area contributed by atoms with Crippen molar-refractivity contribution in [3.63, 3.8) is 0 Å². The van der Waals surface area contributed by atoms with Crippen molar-refractivity contribution in [2.75, 3.05) is 6.54 Å². The van der Waals surface area contributed by atoms with Crippen LogP contribution in [0.4, 0.5) is 13.2 Å². The molecule has 0 spiro atoms. The number of rotatable bonds is 3. The molecule has 2 heterocycles. The van der Waals surface area contributed by atoms with Gasteiger partial charge >= 0.3 is 6.18 Å². The highest BCUT2D eigenvalue weighted by atomic mass is 35.5.